The van der Waals surface area contributed by atoms with Gasteiger partial charge in [0.05, 0.1) is 6.54 Å². The monoisotopic (exact) mass is 513 g/mol. The number of aliphatic imine (C=N–C) groups is 1. The molecule has 1 atom stereocenters. The van der Waals surface area contributed by atoms with E-state index in [0.717, 1.165) is 58.3 Å². The minimum absolute atomic E-state index is 0. The van der Waals surface area contributed by atoms with Crippen LogP contribution in [-0.2, 0) is 11.3 Å². The van der Waals surface area contributed by atoms with Crippen molar-refractivity contribution >= 4 is 35.8 Å². The van der Waals surface area contributed by atoms with Crippen LogP contribution in [0.5, 0.6) is 0 Å². The number of likely N-dealkylation sites (tertiary alicyclic amines) is 1. The molecule has 7 heteroatoms. The molecule has 0 saturated carbocycles. The normalized spacial score (nSPS) is 20.9. The molecule has 0 bridgehead atoms. The number of piperazine rings is 1. The predicted octanol–water partition coefficient (Wildman–Crippen LogP) is 2.79. The SMILES string of the molecule is CCNC(=NCC1CCCCN1Cc1ccccc1)N1CCN(C(C)=O)CC1.I. The van der Waals surface area contributed by atoms with Crippen LogP contribution in [0.25, 0.3) is 0 Å². The van der Waals surface area contributed by atoms with Gasteiger partial charge in [-0.1, -0.05) is 36.8 Å². The van der Waals surface area contributed by atoms with Gasteiger partial charge in [-0.3, -0.25) is 14.7 Å². The zero-order valence-electron chi connectivity index (χ0n) is 17.8. The highest BCUT2D eigenvalue weighted by atomic mass is 127. The lowest BCUT2D eigenvalue weighted by Crippen LogP contribution is -2.53. The zero-order valence-corrected chi connectivity index (χ0v) is 20.2. The third-order valence-corrected chi connectivity index (χ3v) is 5.79. The lowest BCUT2D eigenvalue weighted by Gasteiger charge is -2.37. The van der Waals surface area contributed by atoms with Crippen LogP contribution in [0, 0.1) is 0 Å². The number of nitrogens with one attached hydrogen (secondary N) is 1. The van der Waals surface area contributed by atoms with Crippen LogP contribution in [0.15, 0.2) is 35.3 Å². The van der Waals surface area contributed by atoms with E-state index in [2.05, 4.69) is 52.4 Å². The van der Waals surface area contributed by atoms with Crippen molar-refractivity contribution in [1.29, 1.82) is 0 Å². The van der Waals surface area contributed by atoms with E-state index >= 15 is 0 Å². The average molecular weight is 513 g/mol. The molecule has 1 aromatic carbocycles. The summed E-state index contributed by atoms with van der Waals surface area (Å²) < 4.78 is 0. The maximum Gasteiger partial charge on any atom is 0.219 e. The first-order valence-corrected chi connectivity index (χ1v) is 10.7. The second-order valence-corrected chi connectivity index (χ2v) is 7.79. The number of benzene rings is 1. The molecule has 6 nitrogen and oxygen atoms in total. The summed E-state index contributed by atoms with van der Waals surface area (Å²) in [6, 6.07) is 11.3. The largest absolute Gasteiger partial charge is 0.357 e. The summed E-state index contributed by atoms with van der Waals surface area (Å²) in [6.07, 6.45) is 3.78. The minimum Gasteiger partial charge on any atom is -0.357 e. The van der Waals surface area contributed by atoms with Crippen molar-refractivity contribution in [3.05, 3.63) is 35.9 Å². The molecular formula is C22H36IN5O. The standard InChI is InChI=1S/C22H35N5O.HI/c1-3-23-22(26-15-13-25(14-16-26)19(2)28)24-17-21-11-7-8-12-27(21)18-20-9-5-4-6-10-20;/h4-6,9-10,21H,3,7-8,11-18H2,1-2H3,(H,23,24);1H. The number of rotatable bonds is 5. The molecule has 29 heavy (non-hydrogen) atoms. The fourth-order valence-electron chi connectivity index (χ4n) is 4.14. The van der Waals surface area contributed by atoms with E-state index in [1.165, 1.54) is 24.8 Å². The molecule has 1 amide bonds. The Bertz CT molecular complexity index is 646. The van der Waals surface area contributed by atoms with Gasteiger partial charge in [0.1, 0.15) is 0 Å². The van der Waals surface area contributed by atoms with Crippen molar-refractivity contribution < 1.29 is 4.79 Å². The minimum atomic E-state index is 0. The number of guanidine groups is 1. The Kier molecular flexibility index (Phi) is 10.2. The zero-order chi connectivity index (χ0) is 19.8. The first-order chi connectivity index (χ1) is 13.7. The predicted molar refractivity (Wildman–Crippen MR) is 130 cm³/mol. The molecule has 2 aliphatic heterocycles. The van der Waals surface area contributed by atoms with E-state index in [4.69, 9.17) is 4.99 Å². The topological polar surface area (TPSA) is 51.2 Å². The molecule has 2 heterocycles. The summed E-state index contributed by atoms with van der Waals surface area (Å²) in [6.45, 7) is 10.9. The van der Waals surface area contributed by atoms with E-state index in [-0.39, 0.29) is 29.9 Å². The van der Waals surface area contributed by atoms with Crippen molar-refractivity contribution in [2.24, 2.45) is 4.99 Å². The van der Waals surface area contributed by atoms with E-state index in [9.17, 15) is 4.79 Å². The Morgan fingerprint density at radius 3 is 2.41 bits per heavy atom. The van der Waals surface area contributed by atoms with Crippen LogP contribution < -0.4 is 5.32 Å². The van der Waals surface area contributed by atoms with Crippen LogP contribution in [0.1, 0.15) is 38.7 Å². The molecule has 3 rings (SSSR count). The molecule has 1 aromatic rings. The quantitative estimate of drug-likeness (QED) is 0.374. The van der Waals surface area contributed by atoms with Gasteiger partial charge in [-0.2, -0.15) is 0 Å². The summed E-state index contributed by atoms with van der Waals surface area (Å²) in [7, 11) is 0. The van der Waals surface area contributed by atoms with Gasteiger partial charge in [0.15, 0.2) is 5.96 Å². The Morgan fingerprint density at radius 1 is 1.07 bits per heavy atom. The van der Waals surface area contributed by atoms with Crippen LogP contribution in [0.4, 0.5) is 0 Å². The van der Waals surface area contributed by atoms with Gasteiger partial charge in [0.25, 0.3) is 0 Å². The number of nitrogens with zero attached hydrogens (tertiary/aromatic N) is 4. The van der Waals surface area contributed by atoms with Gasteiger partial charge in [0, 0.05) is 52.2 Å². The van der Waals surface area contributed by atoms with Crippen molar-refractivity contribution in [3.8, 4) is 0 Å². The number of halogens is 1. The number of piperidine rings is 1. The lowest BCUT2D eigenvalue weighted by atomic mass is 10.0. The van der Waals surface area contributed by atoms with E-state index in [1.807, 2.05) is 4.90 Å². The maximum atomic E-state index is 11.6. The van der Waals surface area contributed by atoms with E-state index < -0.39 is 0 Å². The van der Waals surface area contributed by atoms with Gasteiger partial charge in [-0.05, 0) is 31.9 Å². The first kappa shape index (κ1) is 23.9. The number of hydrogen-bond donors (Lipinski definition) is 1. The van der Waals surface area contributed by atoms with Crippen LogP contribution in [-0.4, -0.2) is 78.4 Å². The summed E-state index contributed by atoms with van der Waals surface area (Å²) in [5.41, 5.74) is 1.38. The number of hydrogen-bond acceptors (Lipinski definition) is 3. The van der Waals surface area contributed by atoms with Crippen LogP contribution >= 0.6 is 24.0 Å². The molecule has 2 aliphatic rings. The summed E-state index contributed by atoms with van der Waals surface area (Å²) >= 11 is 0. The number of carbonyl (C=O) groups excluding carboxylic acids is 1. The molecule has 2 saturated heterocycles. The van der Waals surface area contributed by atoms with Gasteiger partial charge >= 0.3 is 0 Å². The highest BCUT2D eigenvalue weighted by Crippen LogP contribution is 2.20. The Hall–Kier alpha value is -1.35. The maximum absolute atomic E-state index is 11.6. The number of carbonyl (C=O) groups is 1. The van der Waals surface area contributed by atoms with Crippen LogP contribution in [0.2, 0.25) is 0 Å². The van der Waals surface area contributed by atoms with E-state index in [0.29, 0.717) is 6.04 Å². The molecule has 1 unspecified atom stereocenters. The Morgan fingerprint density at radius 2 is 1.76 bits per heavy atom. The average Bonchev–Trinajstić information content (AvgIpc) is 2.73. The first-order valence-electron chi connectivity index (χ1n) is 10.7. The molecule has 0 radical (unpaired) electrons. The molecule has 1 N–H and O–H groups in total. The molecular weight excluding hydrogens is 477 g/mol. The molecule has 162 valence electrons. The van der Waals surface area contributed by atoms with Crippen molar-refractivity contribution in [3.63, 3.8) is 0 Å². The smallest absolute Gasteiger partial charge is 0.219 e. The summed E-state index contributed by atoms with van der Waals surface area (Å²) in [5, 5.41) is 3.45. The highest BCUT2D eigenvalue weighted by Gasteiger charge is 2.24. The lowest BCUT2D eigenvalue weighted by molar-refractivity contribution is -0.130. The highest BCUT2D eigenvalue weighted by molar-refractivity contribution is 14.0. The van der Waals surface area contributed by atoms with Gasteiger partial charge in [-0.25, -0.2) is 0 Å². The second-order valence-electron chi connectivity index (χ2n) is 7.79. The Balaban J connectivity index is 0.00000300. The molecule has 0 aliphatic carbocycles. The fourth-order valence-corrected chi connectivity index (χ4v) is 4.14. The van der Waals surface area contributed by atoms with Crippen molar-refractivity contribution in [2.75, 3.05) is 45.8 Å². The second kappa shape index (κ2) is 12.4. The third-order valence-electron chi connectivity index (χ3n) is 5.79. The Labute approximate surface area is 192 Å². The summed E-state index contributed by atoms with van der Waals surface area (Å²) in [5.74, 6) is 1.16. The summed E-state index contributed by atoms with van der Waals surface area (Å²) in [4.78, 5) is 23.4. The van der Waals surface area contributed by atoms with E-state index in [1.54, 1.807) is 6.92 Å². The van der Waals surface area contributed by atoms with Gasteiger partial charge in [0.2, 0.25) is 5.91 Å². The molecule has 0 spiro atoms. The van der Waals surface area contributed by atoms with Gasteiger partial charge in [-0.15, -0.1) is 24.0 Å². The third kappa shape index (κ3) is 7.13. The fraction of sp³-hybridized carbons (Fsp3) is 0.636. The van der Waals surface area contributed by atoms with Gasteiger partial charge < -0.3 is 15.1 Å². The van der Waals surface area contributed by atoms with Crippen molar-refractivity contribution in [2.45, 2.75) is 45.7 Å². The van der Waals surface area contributed by atoms with Crippen LogP contribution in [0.3, 0.4) is 0 Å². The molecule has 0 aromatic heterocycles. The molecule has 2 fully saturated rings. The van der Waals surface area contributed by atoms with Crippen molar-refractivity contribution in [1.82, 2.24) is 20.0 Å². The number of amides is 1.